The van der Waals surface area contributed by atoms with E-state index in [4.69, 9.17) is 5.73 Å². The van der Waals surface area contributed by atoms with Crippen molar-refractivity contribution in [3.8, 4) is 11.8 Å². The Bertz CT molecular complexity index is 875. The van der Waals surface area contributed by atoms with Gasteiger partial charge in [0.1, 0.15) is 6.04 Å². The van der Waals surface area contributed by atoms with E-state index in [9.17, 15) is 27.6 Å². The van der Waals surface area contributed by atoms with Crippen molar-refractivity contribution in [3.63, 3.8) is 0 Å². The molecule has 7 nitrogen and oxygen atoms in total. The number of methoxy groups -OCH3 is 1. The van der Waals surface area contributed by atoms with Crippen LogP contribution in [0.15, 0.2) is 36.4 Å². The number of carbonyl (C=O) groups is 3. The zero-order valence-electron chi connectivity index (χ0n) is 17.2. The molecule has 0 aromatic heterocycles. The van der Waals surface area contributed by atoms with Crippen LogP contribution in [0.3, 0.4) is 0 Å². The van der Waals surface area contributed by atoms with E-state index in [1.165, 1.54) is 31.4 Å². The van der Waals surface area contributed by atoms with Crippen molar-refractivity contribution < 1.29 is 37.0 Å². The molecule has 0 fully saturated rings. The quantitative estimate of drug-likeness (QED) is 0.382. The summed E-state index contributed by atoms with van der Waals surface area (Å²) in [6, 6.07) is 5.16. The SMILES string of the molecule is COC(=O)[C@@H](NC(=O)c1ccc(C#C/C=C/CCOC(=O)C(F)(F)F)cc1)C(C)(C)N. The van der Waals surface area contributed by atoms with E-state index < -0.39 is 42.2 Å². The molecule has 0 radical (unpaired) electrons. The average molecular weight is 440 g/mol. The molecule has 0 saturated carbocycles. The summed E-state index contributed by atoms with van der Waals surface area (Å²) < 4.78 is 44.5. The molecule has 1 atom stereocenters. The highest BCUT2D eigenvalue weighted by molar-refractivity contribution is 5.97. The molecule has 0 unspecified atom stereocenters. The number of halogens is 3. The Morgan fingerprint density at radius 1 is 1.19 bits per heavy atom. The van der Waals surface area contributed by atoms with E-state index >= 15 is 0 Å². The second kappa shape index (κ2) is 11.2. The number of nitrogens with one attached hydrogen (secondary N) is 1. The summed E-state index contributed by atoms with van der Waals surface area (Å²) >= 11 is 0. The number of amides is 1. The molecule has 1 rings (SSSR count). The smallest absolute Gasteiger partial charge is 0.467 e. The van der Waals surface area contributed by atoms with Crippen LogP contribution in [0.2, 0.25) is 0 Å². The number of hydrogen-bond acceptors (Lipinski definition) is 6. The second-order valence-electron chi connectivity index (χ2n) is 6.92. The maximum Gasteiger partial charge on any atom is 0.490 e. The zero-order chi connectivity index (χ0) is 23.7. The predicted molar refractivity (Wildman–Crippen MR) is 106 cm³/mol. The minimum absolute atomic E-state index is 0.0778. The number of rotatable bonds is 7. The Morgan fingerprint density at radius 2 is 1.81 bits per heavy atom. The Balaban J connectivity index is 2.61. The zero-order valence-corrected chi connectivity index (χ0v) is 17.2. The van der Waals surface area contributed by atoms with Crippen LogP contribution in [0, 0.1) is 11.8 Å². The second-order valence-corrected chi connectivity index (χ2v) is 6.92. The lowest BCUT2D eigenvalue weighted by Crippen LogP contribution is -2.59. The van der Waals surface area contributed by atoms with Crippen molar-refractivity contribution in [1.82, 2.24) is 5.32 Å². The van der Waals surface area contributed by atoms with Gasteiger partial charge in [0.05, 0.1) is 13.7 Å². The molecule has 31 heavy (non-hydrogen) atoms. The van der Waals surface area contributed by atoms with Crippen LogP contribution in [-0.2, 0) is 19.1 Å². The average Bonchev–Trinajstić information content (AvgIpc) is 2.69. The number of ether oxygens (including phenoxy) is 2. The fourth-order valence-corrected chi connectivity index (χ4v) is 2.15. The van der Waals surface area contributed by atoms with Crippen LogP contribution < -0.4 is 11.1 Å². The third-order valence-corrected chi connectivity index (χ3v) is 3.77. The monoisotopic (exact) mass is 440 g/mol. The summed E-state index contributed by atoms with van der Waals surface area (Å²) in [6.45, 7) is 2.76. The predicted octanol–water partition coefficient (Wildman–Crippen LogP) is 2.10. The Morgan fingerprint density at radius 3 is 2.32 bits per heavy atom. The first-order valence-electron chi connectivity index (χ1n) is 9.04. The molecular weight excluding hydrogens is 417 g/mol. The molecule has 1 aromatic rings. The summed E-state index contributed by atoms with van der Waals surface area (Å²) in [5.41, 5.74) is 5.75. The first kappa shape index (κ1) is 25.7. The van der Waals surface area contributed by atoms with Gasteiger partial charge in [-0.05, 0) is 44.2 Å². The Labute approximate surface area is 177 Å². The van der Waals surface area contributed by atoms with Crippen LogP contribution in [0.5, 0.6) is 0 Å². The summed E-state index contributed by atoms with van der Waals surface area (Å²) in [7, 11) is 1.20. The molecule has 3 N–H and O–H groups in total. The van der Waals surface area contributed by atoms with E-state index in [1.807, 2.05) is 0 Å². The van der Waals surface area contributed by atoms with Crippen molar-refractivity contribution >= 4 is 17.8 Å². The van der Waals surface area contributed by atoms with Crippen LogP contribution in [-0.4, -0.2) is 49.3 Å². The van der Waals surface area contributed by atoms with E-state index in [-0.39, 0.29) is 12.0 Å². The third kappa shape index (κ3) is 8.92. The standard InChI is InChI=1S/C21H23F3N2O5/c1-20(2,25)16(18(28)30-3)26-17(27)15-11-9-14(10-12-15)8-6-4-5-7-13-31-19(29)21(22,23)24/h4-5,9-12,16H,7,13,25H2,1-3H3,(H,26,27)/b5-4+/t16-/m1/s1. The number of nitrogens with two attached hydrogens (primary N) is 1. The van der Waals surface area contributed by atoms with E-state index in [1.54, 1.807) is 26.0 Å². The lowest BCUT2D eigenvalue weighted by Gasteiger charge is -2.28. The Hall–Kier alpha value is -3.32. The van der Waals surface area contributed by atoms with Gasteiger partial charge in [-0.25, -0.2) is 9.59 Å². The largest absolute Gasteiger partial charge is 0.490 e. The molecule has 0 aliphatic rings. The van der Waals surface area contributed by atoms with Gasteiger partial charge in [-0.15, -0.1) is 0 Å². The van der Waals surface area contributed by atoms with Gasteiger partial charge >= 0.3 is 18.1 Å². The maximum absolute atomic E-state index is 12.4. The molecule has 1 amide bonds. The minimum Gasteiger partial charge on any atom is -0.467 e. The van der Waals surface area contributed by atoms with E-state index in [0.717, 1.165) is 0 Å². The highest BCUT2D eigenvalue weighted by atomic mass is 19.4. The molecule has 10 heteroatoms. The van der Waals surface area contributed by atoms with Gasteiger partial charge < -0.3 is 20.5 Å². The first-order valence-corrected chi connectivity index (χ1v) is 9.04. The van der Waals surface area contributed by atoms with Crippen molar-refractivity contribution in [2.45, 2.75) is 38.0 Å². The molecule has 0 spiro atoms. The highest BCUT2D eigenvalue weighted by Crippen LogP contribution is 2.16. The number of benzene rings is 1. The van der Waals surface area contributed by atoms with Gasteiger partial charge in [-0.2, -0.15) is 13.2 Å². The number of allylic oxidation sites excluding steroid dienone is 1. The number of carbonyl (C=O) groups excluding carboxylic acids is 3. The first-order chi connectivity index (χ1) is 14.4. The van der Waals surface area contributed by atoms with Crippen LogP contribution in [0.25, 0.3) is 0 Å². The molecule has 168 valence electrons. The fourth-order valence-electron chi connectivity index (χ4n) is 2.15. The lowest BCUT2D eigenvalue weighted by atomic mass is 9.95. The molecule has 0 aliphatic heterocycles. The summed E-state index contributed by atoms with van der Waals surface area (Å²) in [6.07, 6.45) is -2.06. The van der Waals surface area contributed by atoms with Crippen molar-refractivity contribution in [2.75, 3.05) is 13.7 Å². The van der Waals surface area contributed by atoms with Crippen LogP contribution in [0.4, 0.5) is 13.2 Å². The molecule has 0 bridgehead atoms. The van der Waals surface area contributed by atoms with Gasteiger partial charge in [0.15, 0.2) is 0 Å². The van der Waals surface area contributed by atoms with E-state index in [2.05, 4.69) is 26.6 Å². The minimum atomic E-state index is -5.01. The van der Waals surface area contributed by atoms with Gasteiger partial charge in [0.2, 0.25) is 0 Å². The van der Waals surface area contributed by atoms with Crippen molar-refractivity contribution in [1.29, 1.82) is 0 Å². The molecule has 0 saturated heterocycles. The topological polar surface area (TPSA) is 108 Å². The van der Waals surface area contributed by atoms with Gasteiger partial charge in [0, 0.05) is 23.1 Å². The maximum atomic E-state index is 12.4. The summed E-state index contributed by atoms with van der Waals surface area (Å²) in [5.74, 6) is 2.04. The highest BCUT2D eigenvalue weighted by Gasteiger charge is 2.40. The lowest BCUT2D eigenvalue weighted by molar-refractivity contribution is -0.199. The number of alkyl halides is 3. The van der Waals surface area contributed by atoms with E-state index in [0.29, 0.717) is 5.56 Å². The number of hydrogen-bond donors (Lipinski definition) is 2. The van der Waals surface area contributed by atoms with Gasteiger partial charge in [0.25, 0.3) is 5.91 Å². The number of esters is 2. The van der Waals surface area contributed by atoms with Gasteiger partial charge in [-0.3, -0.25) is 4.79 Å². The van der Waals surface area contributed by atoms with Gasteiger partial charge in [-0.1, -0.05) is 17.9 Å². The van der Waals surface area contributed by atoms with Crippen LogP contribution >= 0.6 is 0 Å². The Kier molecular flexibility index (Phi) is 9.27. The van der Waals surface area contributed by atoms with Crippen LogP contribution in [0.1, 0.15) is 36.2 Å². The molecule has 0 aliphatic carbocycles. The van der Waals surface area contributed by atoms with Crippen molar-refractivity contribution in [2.24, 2.45) is 5.73 Å². The third-order valence-electron chi connectivity index (χ3n) is 3.77. The normalized spacial score (nSPS) is 12.5. The summed E-state index contributed by atoms with van der Waals surface area (Å²) in [5, 5.41) is 2.54. The molecule has 1 aromatic carbocycles. The molecule has 0 heterocycles. The summed E-state index contributed by atoms with van der Waals surface area (Å²) in [4.78, 5) is 34.7. The molecular formula is C21H23F3N2O5. The fraction of sp³-hybridized carbons (Fsp3) is 0.381. The van der Waals surface area contributed by atoms with Crippen molar-refractivity contribution in [3.05, 3.63) is 47.5 Å².